The van der Waals surface area contributed by atoms with Crippen molar-refractivity contribution >= 4 is 51.3 Å². The summed E-state index contributed by atoms with van der Waals surface area (Å²) in [4.78, 5) is 50.0. The Morgan fingerprint density at radius 2 is 1.71 bits per heavy atom. The molecule has 3 N–H and O–H groups in total. The highest BCUT2D eigenvalue weighted by Crippen LogP contribution is 2.32. The van der Waals surface area contributed by atoms with E-state index < -0.39 is 30.2 Å². The van der Waals surface area contributed by atoms with Crippen LogP contribution in [0, 0.1) is 6.92 Å². The zero-order valence-corrected chi connectivity index (χ0v) is 19.2. The summed E-state index contributed by atoms with van der Waals surface area (Å²) in [7, 11) is 0. The summed E-state index contributed by atoms with van der Waals surface area (Å²) in [6, 6.07) is 13.7. The number of nitrogens with zero attached hydrogens (tertiary/aromatic N) is 1. The van der Waals surface area contributed by atoms with Gasteiger partial charge in [0.25, 0.3) is 17.7 Å². The Hall–Kier alpha value is -4.72. The van der Waals surface area contributed by atoms with Gasteiger partial charge >= 0.3 is 0 Å². The van der Waals surface area contributed by atoms with Gasteiger partial charge in [-0.1, -0.05) is 30.4 Å². The first kappa shape index (κ1) is 23.4. The summed E-state index contributed by atoms with van der Waals surface area (Å²) < 4.78 is 0. The van der Waals surface area contributed by atoms with Gasteiger partial charge in [-0.25, -0.2) is 0 Å². The number of carbonyl (C=O) groups is 4. The Balaban J connectivity index is 1.68. The minimum atomic E-state index is -0.561. The fourth-order valence-electron chi connectivity index (χ4n) is 3.79. The van der Waals surface area contributed by atoms with Crippen molar-refractivity contribution in [3.63, 3.8) is 0 Å². The molecule has 8 heteroatoms. The summed E-state index contributed by atoms with van der Waals surface area (Å²) in [6.45, 7) is 7.07. The number of nitrogens with one attached hydrogen (secondary N) is 2. The summed E-state index contributed by atoms with van der Waals surface area (Å²) >= 11 is 0. The molecule has 0 bridgehead atoms. The molecule has 176 valence electrons. The smallest absolute Gasteiger partial charge is 0.256 e. The molecule has 1 heterocycles. The largest absolute Gasteiger partial charge is 0.508 e. The molecule has 0 atom stereocenters. The van der Waals surface area contributed by atoms with E-state index in [1.807, 2.05) is 25.1 Å². The van der Waals surface area contributed by atoms with Gasteiger partial charge in [-0.05, 0) is 55.1 Å². The second-order valence-corrected chi connectivity index (χ2v) is 8.29. The van der Waals surface area contributed by atoms with Crippen LogP contribution in [0.2, 0.25) is 0 Å². The number of phenolic OH excluding ortho intramolecular Hbond substituents is 1. The number of imide groups is 1. The molecule has 0 spiro atoms. The van der Waals surface area contributed by atoms with Crippen LogP contribution in [-0.4, -0.2) is 40.2 Å². The maximum atomic E-state index is 13.1. The lowest BCUT2D eigenvalue weighted by Crippen LogP contribution is -2.37. The van der Waals surface area contributed by atoms with E-state index in [2.05, 4.69) is 17.2 Å². The second kappa shape index (κ2) is 9.26. The predicted octanol–water partition coefficient (Wildman–Crippen LogP) is 4.00. The Morgan fingerprint density at radius 1 is 1.00 bits per heavy atom. The van der Waals surface area contributed by atoms with E-state index in [-0.39, 0.29) is 5.75 Å². The van der Waals surface area contributed by atoms with Crippen molar-refractivity contribution in [2.75, 3.05) is 17.2 Å². The molecule has 0 radical (unpaired) electrons. The van der Waals surface area contributed by atoms with Crippen LogP contribution >= 0.6 is 0 Å². The Kier molecular flexibility index (Phi) is 6.20. The molecular weight excluding hydrogens is 446 g/mol. The monoisotopic (exact) mass is 469 g/mol. The van der Waals surface area contributed by atoms with Crippen molar-refractivity contribution in [2.24, 2.45) is 0 Å². The molecule has 0 saturated heterocycles. The maximum Gasteiger partial charge on any atom is 0.256 e. The van der Waals surface area contributed by atoms with Gasteiger partial charge in [0.1, 0.15) is 12.3 Å². The standard InChI is InChI=1S/C27H23N3O5/c1-15(2)17-7-8-18-11-19(28-24(32)14-30-25(33)9-10-26(30)34)13-22(21(18)12-17)29-27(35)20-5-4-6-23(31)16(20)3/h4-13,31H,1,14H2,2-3H3,(H,28,32)(H,29,35). The fourth-order valence-corrected chi connectivity index (χ4v) is 3.79. The Morgan fingerprint density at radius 3 is 2.40 bits per heavy atom. The third kappa shape index (κ3) is 4.81. The molecule has 0 saturated carbocycles. The van der Waals surface area contributed by atoms with Gasteiger partial charge in [0.2, 0.25) is 5.91 Å². The van der Waals surface area contributed by atoms with Crippen molar-refractivity contribution < 1.29 is 24.3 Å². The van der Waals surface area contributed by atoms with E-state index in [1.165, 1.54) is 6.07 Å². The van der Waals surface area contributed by atoms with E-state index in [0.717, 1.165) is 39.0 Å². The number of anilines is 2. The van der Waals surface area contributed by atoms with Crippen LogP contribution in [0.15, 0.2) is 67.3 Å². The lowest BCUT2D eigenvalue weighted by molar-refractivity contribution is -0.139. The molecule has 3 aromatic carbocycles. The topological polar surface area (TPSA) is 116 Å². The van der Waals surface area contributed by atoms with Gasteiger partial charge in [-0.15, -0.1) is 0 Å². The number of hydrogen-bond acceptors (Lipinski definition) is 5. The van der Waals surface area contributed by atoms with Crippen LogP contribution in [0.25, 0.3) is 16.3 Å². The second-order valence-electron chi connectivity index (χ2n) is 8.29. The normalized spacial score (nSPS) is 12.8. The van der Waals surface area contributed by atoms with Crippen LogP contribution in [0.3, 0.4) is 0 Å². The van der Waals surface area contributed by atoms with Crippen LogP contribution in [0.1, 0.15) is 28.4 Å². The average molecular weight is 469 g/mol. The van der Waals surface area contributed by atoms with Crippen LogP contribution < -0.4 is 10.6 Å². The third-order valence-electron chi connectivity index (χ3n) is 5.73. The number of benzene rings is 3. The van der Waals surface area contributed by atoms with Crippen molar-refractivity contribution in [3.8, 4) is 5.75 Å². The minimum Gasteiger partial charge on any atom is -0.508 e. The number of hydrogen-bond donors (Lipinski definition) is 3. The molecule has 0 aromatic heterocycles. The highest BCUT2D eigenvalue weighted by atomic mass is 16.3. The van der Waals surface area contributed by atoms with E-state index in [4.69, 9.17) is 0 Å². The summed E-state index contributed by atoms with van der Waals surface area (Å²) in [5.41, 5.74) is 3.29. The van der Waals surface area contributed by atoms with Gasteiger partial charge < -0.3 is 15.7 Å². The zero-order chi connectivity index (χ0) is 25.3. The minimum absolute atomic E-state index is 0.00795. The Bertz CT molecular complexity index is 1440. The summed E-state index contributed by atoms with van der Waals surface area (Å²) in [5.74, 6) is -2.08. The first-order chi connectivity index (χ1) is 16.6. The van der Waals surface area contributed by atoms with Crippen LogP contribution in [0.5, 0.6) is 5.75 Å². The first-order valence-corrected chi connectivity index (χ1v) is 10.8. The van der Waals surface area contributed by atoms with Gasteiger partial charge in [0.15, 0.2) is 0 Å². The molecule has 8 nitrogen and oxygen atoms in total. The molecule has 4 rings (SSSR count). The van der Waals surface area contributed by atoms with Gasteiger partial charge in [0.05, 0.1) is 5.69 Å². The number of fused-ring (bicyclic) bond motifs is 1. The quantitative estimate of drug-likeness (QED) is 0.472. The molecule has 0 fully saturated rings. The summed E-state index contributed by atoms with van der Waals surface area (Å²) in [5, 5.41) is 17.0. The average Bonchev–Trinajstić information content (AvgIpc) is 3.12. The lowest BCUT2D eigenvalue weighted by atomic mass is 10.0. The molecule has 0 aliphatic carbocycles. The van der Waals surface area contributed by atoms with E-state index >= 15 is 0 Å². The number of carbonyl (C=O) groups excluding carboxylic acids is 4. The highest BCUT2D eigenvalue weighted by Gasteiger charge is 2.25. The highest BCUT2D eigenvalue weighted by molar-refractivity contribution is 6.15. The van der Waals surface area contributed by atoms with Crippen molar-refractivity contribution in [2.45, 2.75) is 13.8 Å². The molecule has 0 unspecified atom stereocenters. The van der Waals surface area contributed by atoms with Gasteiger partial charge in [0, 0.05) is 34.4 Å². The number of aromatic hydroxyl groups is 1. The zero-order valence-electron chi connectivity index (χ0n) is 19.2. The van der Waals surface area contributed by atoms with Gasteiger partial charge in [-0.3, -0.25) is 24.1 Å². The Labute approximate surface area is 201 Å². The first-order valence-electron chi connectivity index (χ1n) is 10.8. The number of rotatable bonds is 6. The maximum absolute atomic E-state index is 13.1. The molecule has 4 amide bonds. The van der Waals surface area contributed by atoms with Crippen LogP contribution in [-0.2, 0) is 14.4 Å². The fraction of sp³-hybridized carbons (Fsp3) is 0.111. The van der Waals surface area contributed by atoms with Crippen molar-refractivity contribution in [3.05, 3.63) is 84.0 Å². The number of amides is 4. The molecule has 1 aliphatic heterocycles. The predicted molar refractivity (Wildman–Crippen MR) is 134 cm³/mol. The molecule has 3 aromatic rings. The number of phenols is 1. The molecular formula is C27H23N3O5. The van der Waals surface area contributed by atoms with Crippen molar-refractivity contribution in [1.29, 1.82) is 0 Å². The number of allylic oxidation sites excluding steroid dienone is 1. The van der Waals surface area contributed by atoms with E-state index in [0.29, 0.717) is 22.5 Å². The van der Waals surface area contributed by atoms with Gasteiger partial charge in [-0.2, -0.15) is 0 Å². The van der Waals surface area contributed by atoms with E-state index in [1.54, 1.807) is 31.2 Å². The SMILES string of the molecule is C=C(C)c1ccc2cc(NC(=O)CN3C(=O)C=CC3=O)cc(NC(=O)c3cccc(O)c3C)c2c1. The van der Waals surface area contributed by atoms with E-state index in [9.17, 15) is 24.3 Å². The lowest BCUT2D eigenvalue weighted by Gasteiger charge is -2.16. The van der Waals surface area contributed by atoms with Crippen LogP contribution in [0.4, 0.5) is 11.4 Å². The third-order valence-corrected chi connectivity index (χ3v) is 5.73. The molecule has 35 heavy (non-hydrogen) atoms. The summed E-state index contributed by atoms with van der Waals surface area (Å²) in [6.07, 6.45) is 2.23. The van der Waals surface area contributed by atoms with Crippen molar-refractivity contribution in [1.82, 2.24) is 4.90 Å². The molecule has 1 aliphatic rings.